The number of benzene rings is 1. The summed E-state index contributed by atoms with van der Waals surface area (Å²) in [5, 5.41) is 8.02. The monoisotopic (exact) mass is 343 g/mol. The number of thiazole rings is 1. The Morgan fingerprint density at radius 1 is 1.25 bits per heavy atom. The number of anilines is 1. The fourth-order valence-electron chi connectivity index (χ4n) is 2.66. The number of rotatable bonds is 4. The summed E-state index contributed by atoms with van der Waals surface area (Å²) in [6, 6.07) is 3.97. The Balaban J connectivity index is 1.80. The van der Waals surface area contributed by atoms with Gasteiger partial charge in [0.15, 0.2) is 16.5 Å². The molecule has 7 heteroatoms. The van der Waals surface area contributed by atoms with Crippen molar-refractivity contribution in [2.75, 3.05) is 5.32 Å². The van der Waals surface area contributed by atoms with Gasteiger partial charge in [-0.15, -0.1) is 0 Å². The minimum Gasteiger partial charge on any atom is -0.356 e. The number of Topliss-reactive ketones (excluding diaryl/α,β-unsaturated/α-hetero) is 1. The molecule has 0 fully saturated rings. The van der Waals surface area contributed by atoms with Gasteiger partial charge in [0.2, 0.25) is 5.91 Å². The largest absolute Gasteiger partial charge is 0.356 e. The van der Waals surface area contributed by atoms with Crippen LogP contribution in [-0.4, -0.2) is 21.8 Å². The summed E-state index contributed by atoms with van der Waals surface area (Å²) in [4.78, 5) is 28.5. The highest BCUT2D eigenvalue weighted by Crippen LogP contribution is 2.25. The predicted octanol–water partition coefficient (Wildman–Crippen LogP) is 3.59. The zero-order chi connectivity index (χ0) is 17.4. The number of aryl methyl sites for hydroxylation is 3. The molecule has 0 spiro atoms. The molecule has 0 saturated heterocycles. The molecule has 0 saturated carbocycles. The van der Waals surface area contributed by atoms with Crippen molar-refractivity contribution in [1.82, 2.24) is 10.1 Å². The average Bonchev–Trinajstić information content (AvgIpc) is 3.03. The van der Waals surface area contributed by atoms with Crippen LogP contribution in [0.3, 0.4) is 0 Å². The van der Waals surface area contributed by atoms with E-state index in [1.54, 1.807) is 6.92 Å². The number of carbonyl (C=O) groups is 2. The molecule has 24 heavy (non-hydrogen) atoms. The molecule has 3 aromatic rings. The zero-order valence-corrected chi connectivity index (χ0v) is 14.7. The molecular weight excluding hydrogens is 326 g/mol. The van der Waals surface area contributed by atoms with Crippen molar-refractivity contribution in [3.05, 3.63) is 39.5 Å². The highest BCUT2D eigenvalue weighted by atomic mass is 32.1. The Morgan fingerprint density at radius 3 is 2.67 bits per heavy atom. The van der Waals surface area contributed by atoms with E-state index in [4.69, 9.17) is 4.52 Å². The van der Waals surface area contributed by atoms with Gasteiger partial charge >= 0.3 is 0 Å². The lowest BCUT2D eigenvalue weighted by molar-refractivity contribution is -0.115. The summed E-state index contributed by atoms with van der Waals surface area (Å²) >= 11 is 1.18. The van der Waals surface area contributed by atoms with Gasteiger partial charge in [0.05, 0.1) is 17.0 Å². The number of fused-ring (bicyclic) bond motifs is 1. The van der Waals surface area contributed by atoms with Crippen LogP contribution >= 0.6 is 11.3 Å². The molecule has 1 amide bonds. The first-order chi connectivity index (χ1) is 11.3. The first kappa shape index (κ1) is 16.3. The molecule has 0 atom stereocenters. The second-order valence-electron chi connectivity index (χ2n) is 5.80. The van der Waals surface area contributed by atoms with Crippen LogP contribution in [0.15, 0.2) is 16.7 Å². The van der Waals surface area contributed by atoms with Gasteiger partial charge in [0, 0.05) is 12.3 Å². The van der Waals surface area contributed by atoms with Crippen LogP contribution in [0.1, 0.15) is 39.1 Å². The molecular formula is C17H17N3O3S. The third kappa shape index (κ3) is 3.07. The van der Waals surface area contributed by atoms with E-state index in [2.05, 4.69) is 15.5 Å². The minimum atomic E-state index is -0.242. The van der Waals surface area contributed by atoms with Gasteiger partial charge in [-0.2, -0.15) is 0 Å². The highest BCUT2D eigenvalue weighted by molar-refractivity contribution is 7.17. The molecule has 0 bridgehead atoms. The van der Waals surface area contributed by atoms with Crippen LogP contribution in [-0.2, 0) is 11.2 Å². The topological polar surface area (TPSA) is 85.1 Å². The fourth-order valence-corrected chi connectivity index (χ4v) is 3.54. The Bertz CT molecular complexity index is 956. The molecule has 6 nitrogen and oxygen atoms in total. The maximum atomic E-state index is 12.3. The van der Waals surface area contributed by atoms with Gasteiger partial charge in [0.1, 0.15) is 5.69 Å². The molecule has 2 aromatic heterocycles. The summed E-state index contributed by atoms with van der Waals surface area (Å²) in [7, 11) is 0. The molecule has 1 N–H and O–H groups in total. The van der Waals surface area contributed by atoms with E-state index >= 15 is 0 Å². The van der Waals surface area contributed by atoms with Crippen LogP contribution in [0.5, 0.6) is 0 Å². The van der Waals surface area contributed by atoms with Crippen molar-refractivity contribution in [3.8, 4) is 0 Å². The summed E-state index contributed by atoms with van der Waals surface area (Å²) < 4.78 is 5.35. The van der Waals surface area contributed by atoms with E-state index in [-0.39, 0.29) is 18.1 Å². The molecule has 3 rings (SSSR count). The summed E-state index contributed by atoms with van der Waals surface area (Å²) in [6.07, 6.45) is 0.0872. The van der Waals surface area contributed by atoms with Crippen molar-refractivity contribution in [3.63, 3.8) is 0 Å². The van der Waals surface area contributed by atoms with E-state index in [1.165, 1.54) is 18.3 Å². The lowest BCUT2D eigenvalue weighted by Gasteiger charge is -2.00. The third-order valence-corrected chi connectivity index (χ3v) is 4.84. The quantitative estimate of drug-likeness (QED) is 0.732. The van der Waals surface area contributed by atoms with Gasteiger partial charge in [-0.25, -0.2) is 4.98 Å². The highest BCUT2D eigenvalue weighted by Gasteiger charge is 2.17. The summed E-state index contributed by atoms with van der Waals surface area (Å²) in [6.45, 7) is 7.18. The van der Waals surface area contributed by atoms with Crippen molar-refractivity contribution in [2.24, 2.45) is 0 Å². The number of hydrogen-bond donors (Lipinski definition) is 1. The Morgan fingerprint density at radius 2 is 2.00 bits per heavy atom. The molecule has 0 radical (unpaired) electrons. The Hall–Kier alpha value is -2.54. The van der Waals surface area contributed by atoms with Crippen LogP contribution in [0.2, 0.25) is 0 Å². The van der Waals surface area contributed by atoms with E-state index in [0.29, 0.717) is 27.0 Å². The fraction of sp³-hybridized carbons (Fsp3) is 0.294. The van der Waals surface area contributed by atoms with Crippen molar-refractivity contribution in [1.29, 1.82) is 0 Å². The minimum absolute atomic E-state index is 0.0565. The van der Waals surface area contributed by atoms with Crippen LogP contribution in [0.4, 0.5) is 5.13 Å². The lowest BCUT2D eigenvalue weighted by atomic mass is 10.1. The van der Waals surface area contributed by atoms with Gasteiger partial charge in [0.25, 0.3) is 0 Å². The normalized spacial score (nSPS) is 11.0. The van der Waals surface area contributed by atoms with Gasteiger partial charge < -0.3 is 9.84 Å². The zero-order valence-electron chi connectivity index (χ0n) is 13.9. The van der Waals surface area contributed by atoms with E-state index in [0.717, 1.165) is 16.5 Å². The van der Waals surface area contributed by atoms with Crippen LogP contribution in [0.25, 0.3) is 11.0 Å². The van der Waals surface area contributed by atoms with Crippen LogP contribution in [0, 0.1) is 20.8 Å². The first-order valence-electron chi connectivity index (χ1n) is 7.49. The lowest BCUT2D eigenvalue weighted by Crippen LogP contribution is -2.14. The van der Waals surface area contributed by atoms with Crippen molar-refractivity contribution in [2.45, 2.75) is 34.1 Å². The maximum Gasteiger partial charge on any atom is 0.232 e. The van der Waals surface area contributed by atoms with Crippen molar-refractivity contribution < 1.29 is 14.1 Å². The van der Waals surface area contributed by atoms with Gasteiger partial charge in [-0.3, -0.25) is 9.59 Å². The smallest absolute Gasteiger partial charge is 0.232 e. The number of carbonyl (C=O) groups excluding carboxylic acids is 2. The second kappa shape index (κ2) is 6.16. The van der Waals surface area contributed by atoms with Crippen LogP contribution < -0.4 is 5.32 Å². The summed E-state index contributed by atoms with van der Waals surface area (Å²) in [5.74, 6) is -0.299. The van der Waals surface area contributed by atoms with E-state index in [9.17, 15) is 9.59 Å². The standard InChI is InChI=1S/C17H17N3O3S/c1-8-5-9(2)15-12(6-8)13(20-23-15)7-14(22)19-17-18-10(3)16(24-17)11(4)21/h5-6H,7H2,1-4H3,(H,18,19,22). The number of nitrogens with one attached hydrogen (secondary N) is 1. The third-order valence-electron chi connectivity index (χ3n) is 3.67. The predicted molar refractivity (Wildman–Crippen MR) is 92.7 cm³/mol. The van der Waals surface area contributed by atoms with Gasteiger partial charge in [-0.1, -0.05) is 22.6 Å². The number of nitrogens with zero attached hydrogens (tertiary/aromatic N) is 2. The molecule has 0 unspecified atom stereocenters. The first-order valence-corrected chi connectivity index (χ1v) is 8.30. The number of hydrogen-bond acceptors (Lipinski definition) is 6. The molecule has 124 valence electrons. The van der Waals surface area contributed by atoms with Gasteiger partial charge in [-0.05, 0) is 38.0 Å². The number of aromatic nitrogens is 2. The Kier molecular flexibility index (Phi) is 4.19. The van der Waals surface area contributed by atoms with E-state index in [1.807, 2.05) is 26.0 Å². The molecule has 0 aliphatic rings. The van der Waals surface area contributed by atoms with Crippen molar-refractivity contribution >= 4 is 39.1 Å². The summed E-state index contributed by atoms with van der Waals surface area (Å²) in [5.41, 5.74) is 4.00. The Labute approximate surface area is 142 Å². The number of amides is 1. The maximum absolute atomic E-state index is 12.3. The molecule has 2 heterocycles. The molecule has 0 aliphatic heterocycles. The SMILES string of the molecule is CC(=O)c1sc(NC(=O)Cc2noc3c(C)cc(C)cc23)nc1C. The average molecular weight is 343 g/mol. The number of ketones is 1. The second-order valence-corrected chi connectivity index (χ2v) is 6.80. The molecule has 0 aliphatic carbocycles. The van der Waals surface area contributed by atoms with E-state index < -0.39 is 0 Å². The molecule has 1 aromatic carbocycles.